The van der Waals surface area contributed by atoms with Crippen LogP contribution in [0.5, 0.6) is 0 Å². The van der Waals surface area contributed by atoms with Crippen LogP contribution in [0.1, 0.15) is 43.5 Å². The Labute approximate surface area is 152 Å². The molecule has 0 radical (unpaired) electrons. The summed E-state index contributed by atoms with van der Waals surface area (Å²) < 4.78 is 0.671. The van der Waals surface area contributed by atoms with Gasteiger partial charge in [-0.1, -0.05) is 73.7 Å². The van der Waals surface area contributed by atoms with E-state index in [9.17, 15) is 4.79 Å². The molecule has 1 heterocycles. The lowest BCUT2D eigenvalue weighted by molar-refractivity contribution is -0.133. The molecule has 124 valence electrons. The summed E-state index contributed by atoms with van der Waals surface area (Å²) in [6, 6.07) is 20.7. The molecule has 1 amide bonds. The van der Waals surface area contributed by atoms with Crippen molar-refractivity contribution in [3.05, 3.63) is 82.3 Å². The first-order chi connectivity index (χ1) is 11.6. The lowest BCUT2D eigenvalue weighted by Crippen LogP contribution is -2.43. The summed E-state index contributed by atoms with van der Waals surface area (Å²) in [5, 5.41) is 0. The van der Waals surface area contributed by atoms with Crippen molar-refractivity contribution in [1.82, 2.24) is 4.90 Å². The number of hydrogen-bond donors (Lipinski definition) is 0. The Morgan fingerprint density at radius 3 is 2.21 bits per heavy atom. The summed E-state index contributed by atoms with van der Waals surface area (Å²) >= 11 is 3.49. The predicted octanol–water partition coefficient (Wildman–Crippen LogP) is 5.64. The smallest absolute Gasteiger partial charge is 0.261 e. The van der Waals surface area contributed by atoms with Crippen molar-refractivity contribution in [1.29, 1.82) is 0 Å². The highest BCUT2D eigenvalue weighted by atomic mass is 79.9. The van der Waals surface area contributed by atoms with Crippen LogP contribution in [-0.4, -0.2) is 10.8 Å². The Kier molecular flexibility index (Phi) is 5.20. The number of carbonyl (C=O) groups is 1. The second-order valence-corrected chi connectivity index (χ2v) is 7.10. The fourth-order valence-electron chi connectivity index (χ4n) is 3.51. The van der Waals surface area contributed by atoms with Crippen LogP contribution in [0.25, 0.3) is 0 Å². The van der Waals surface area contributed by atoms with Crippen molar-refractivity contribution in [2.45, 2.75) is 32.4 Å². The van der Waals surface area contributed by atoms with Gasteiger partial charge in [-0.15, -0.1) is 0 Å². The molecule has 2 aromatic rings. The first-order valence-electron chi connectivity index (χ1n) is 8.43. The van der Waals surface area contributed by atoms with E-state index in [1.165, 1.54) is 5.56 Å². The highest BCUT2D eigenvalue weighted by Gasteiger charge is 2.38. The topological polar surface area (TPSA) is 20.3 Å². The summed E-state index contributed by atoms with van der Waals surface area (Å²) in [4.78, 5) is 15.0. The molecule has 0 aliphatic carbocycles. The van der Waals surface area contributed by atoms with E-state index in [4.69, 9.17) is 0 Å². The zero-order valence-corrected chi connectivity index (χ0v) is 15.6. The fraction of sp³-hybridized carbons (Fsp3) is 0.286. The van der Waals surface area contributed by atoms with Crippen LogP contribution in [0, 0.1) is 5.92 Å². The van der Waals surface area contributed by atoms with Crippen LogP contribution in [0.2, 0.25) is 0 Å². The number of benzene rings is 2. The molecule has 0 bridgehead atoms. The highest BCUT2D eigenvalue weighted by molar-refractivity contribution is 9.12. The molecule has 3 rings (SSSR count). The number of hydrogen-bond acceptors (Lipinski definition) is 1. The van der Waals surface area contributed by atoms with E-state index < -0.39 is 0 Å². The largest absolute Gasteiger partial charge is 0.324 e. The molecular formula is C21H22BrNO. The second kappa shape index (κ2) is 7.35. The molecule has 0 saturated carbocycles. The highest BCUT2D eigenvalue weighted by Crippen LogP contribution is 2.43. The van der Waals surface area contributed by atoms with Gasteiger partial charge in [0.1, 0.15) is 0 Å². The fourth-order valence-corrected chi connectivity index (χ4v) is 4.06. The van der Waals surface area contributed by atoms with Gasteiger partial charge in [0, 0.05) is 5.92 Å². The van der Waals surface area contributed by atoms with Crippen LogP contribution in [0.15, 0.2) is 71.2 Å². The monoisotopic (exact) mass is 383 g/mol. The van der Waals surface area contributed by atoms with E-state index in [1.54, 1.807) is 0 Å². The Bertz CT molecular complexity index is 726. The number of amides is 1. The lowest BCUT2D eigenvalue weighted by atomic mass is 9.85. The van der Waals surface area contributed by atoms with Gasteiger partial charge in [0.15, 0.2) is 0 Å². The maximum atomic E-state index is 13.0. The van der Waals surface area contributed by atoms with Gasteiger partial charge in [-0.05, 0) is 40.4 Å². The number of nitrogens with zero attached hydrogens (tertiary/aromatic N) is 1. The van der Waals surface area contributed by atoms with Crippen LogP contribution in [0.3, 0.4) is 0 Å². The Morgan fingerprint density at radius 2 is 1.62 bits per heavy atom. The molecule has 0 spiro atoms. The van der Waals surface area contributed by atoms with Crippen molar-refractivity contribution in [2.24, 2.45) is 5.92 Å². The second-order valence-electron chi connectivity index (χ2n) is 6.24. The van der Waals surface area contributed by atoms with E-state index >= 15 is 0 Å². The molecule has 0 N–H and O–H groups in total. The van der Waals surface area contributed by atoms with Gasteiger partial charge in [-0.25, -0.2) is 0 Å². The van der Waals surface area contributed by atoms with Crippen molar-refractivity contribution in [2.75, 3.05) is 0 Å². The van der Waals surface area contributed by atoms with Gasteiger partial charge < -0.3 is 4.90 Å². The zero-order valence-electron chi connectivity index (χ0n) is 14.0. The van der Waals surface area contributed by atoms with Crippen molar-refractivity contribution < 1.29 is 4.79 Å². The summed E-state index contributed by atoms with van der Waals surface area (Å²) in [7, 11) is 0. The summed E-state index contributed by atoms with van der Waals surface area (Å²) in [5.41, 5.74) is 2.35. The van der Waals surface area contributed by atoms with Crippen LogP contribution >= 0.6 is 15.9 Å². The lowest BCUT2D eigenvalue weighted by Gasteiger charge is -2.43. The molecule has 2 aromatic carbocycles. The molecule has 0 aromatic heterocycles. The van der Waals surface area contributed by atoms with Gasteiger partial charge in [0.2, 0.25) is 0 Å². The predicted molar refractivity (Wildman–Crippen MR) is 102 cm³/mol. The van der Waals surface area contributed by atoms with Crippen molar-refractivity contribution in [3.8, 4) is 0 Å². The Morgan fingerprint density at radius 1 is 1.04 bits per heavy atom. The first-order valence-corrected chi connectivity index (χ1v) is 9.22. The minimum atomic E-state index is 0.0132. The molecular weight excluding hydrogens is 362 g/mol. The quantitative estimate of drug-likeness (QED) is 0.669. The zero-order chi connectivity index (χ0) is 17.1. The number of rotatable bonds is 4. The molecule has 3 heteroatoms. The third-order valence-electron chi connectivity index (χ3n) is 4.82. The van der Waals surface area contributed by atoms with Crippen LogP contribution in [-0.2, 0) is 4.79 Å². The summed E-state index contributed by atoms with van der Waals surface area (Å²) in [6.45, 7) is 4.29. The van der Waals surface area contributed by atoms with E-state index in [-0.39, 0.29) is 18.0 Å². The summed E-state index contributed by atoms with van der Waals surface area (Å²) in [5.74, 6) is 0.357. The maximum Gasteiger partial charge on any atom is 0.261 e. The van der Waals surface area contributed by atoms with Crippen molar-refractivity contribution >= 4 is 21.8 Å². The van der Waals surface area contributed by atoms with E-state index in [1.807, 2.05) is 41.3 Å². The average molecular weight is 384 g/mol. The molecule has 24 heavy (non-hydrogen) atoms. The molecule has 1 aliphatic heterocycles. The van der Waals surface area contributed by atoms with Crippen LogP contribution in [0.4, 0.5) is 0 Å². The molecule has 3 atom stereocenters. The minimum absolute atomic E-state index is 0.0132. The average Bonchev–Trinajstić information content (AvgIpc) is 2.64. The van der Waals surface area contributed by atoms with E-state index in [2.05, 4.69) is 60.1 Å². The van der Waals surface area contributed by atoms with Gasteiger partial charge in [0.25, 0.3) is 5.91 Å². The standard InChI is InChI=1S/C21H22BrNO/c1-3-16-14-19(22)21(24)23(15(2)17-10-6-4-7-11-17)20(16)18-12-8-5-9-13-18/h4-16,20H,3H2,1-2H3/t15-,16-,20-/m0/s1. The Balaban J connectivity index is 2.08. The normalized spacial score (nSPS) is 22.2. The third-order valence-corrected chi connectivity index (χ3v) is 5.42. The van der Waals surface area contributed by atoms with Gasteiger partial charge in [0.05, 0.1) is 16.6 Å². The molecule has 0 saturated heterocycles. The molecule has 2 nitrogen and oxygen atoms in total. The maximum absolute atomic E-state index is 13.0. The third kappa shape index (κ3) is 3.18. The summed E-state index contributed by atoms with van der Waals surface area (Å²) in [6.07, 6.45) is 3.06. The molecule has 1 aliphatic rings. The molecule has 0 fully saturated rings. The van der Waals surface area contributed by atoms with Gasteiger partial charge in [-0.2, -0.15) is 0 Å². The first kappa shape index (κ1) is 17.0. The van der Waals surface area contributed by atoms with E-state index in [0.29, 0.717) is 10.4 Å². The molecule has 0 unspecified atom stereocenters. The Hall–Kier alpha value is -1.87. The van der Waals surface area contributed by atoms with Crippen molar-refractivity contribution in [3.63, 3.8) is 0 Å². The minimum Gasteiger partial charge on any atom is -0.324 e. The SMILES string of the molecule is CC[C@H]1C=C(Br)C(=O)N([C@@H](C)c2ccccc2)[C@@H]1c1ccccc1. The van der Waals surface area contributed by atoms with Gasteiger partial charge in [-0.3, -0.25) is 4.79 Å². The van der Waals surface area contributed by atoms with Gasteiger partial charge >= 0.3 is 0 Å². The van der Waals surface area contributed by atoms with E-state index in [0.717, 1.165) is 12.0 Å². The van der Waals surface area contributed by atoms with Crippen LogP contribution < -0.4 is 0 Å². The number of halogens is 1. The number of carbonyl (C=O) groups excluding carboxylic acids is 1.